The molecule has 0 radical (unpaired) electrons. The Kier molecular flexibility index (Phi) is 10.2. The lowest BCUT2D eigenvalue weighted by Crippen LogP contribution is -2.38. The lowest BCUT2D eigenvalue weighted by Gasteiger charge is -2.10. The third-order valence-electron chi connectivity index (χ3n) is 3.16. The van der Waals surface area contributed by atoms with Crippen molar-refractivity contribution in [3.05, 3.63) is 45.1 Å². The molecule has 8 heteroatoms. The Balaban J connectivity index is 0.00000288. The van der Waals surface area contributed by atoms with Crippen molar-refractivity contribution in [1.29, 1.82) is 0 Å². The molecule has 0 aliphatic carbocycles. The van der Waals surface area contributed by atoms with Gasteiger partial charge in [0.25, 0.3) is 0 Å². The van der Waals surface area contributed by atoms with Crippen molar-refractivity contribution in [2.24, 2.45) is 4.99 Å². The van der Waals surface area contributed by atoms with Crippen molar-refractivity contribution in [2.45, 2.75) is 33.2 Å². The summed E-state index contributed by atoms with van der Waals surface area (Å²) < 4.78 is 0. The second kappa shape index (κ2) is 11.6. The van der Waals surface area contributed by atoms with E-state index >= 15 is 0 Å². The van der Waals surface area contributed by atoms with Crippen LogP contribution in [0, 0.1) is 0 Å². The maximum absolute atomic E-state index is 5.79. The Bertz CT molecular complexity index is 630. The molecule has 0 saturated heterocycles. The number of hydrogen-bond acceptors (Lipinski definition) is 4. The molecular formula is C16H23ClIN5S. The average Bonchev–Trinajstić information content (AvgIpc) is 3.02. The Labute approximate surface area is 169 Å². The second-order valence-electron chi connectivity index (χ2n) is 4.93. The van der Waals surface area contributed by atoms with Gasteiger partial charge >= 0.3 is 0 Å². The number of nitrogens with zero attached hydrogens (tertiary/aromatic N) is 3. The number of guanidine groups is 1. The van der Waals surface area contributed by atoms with E-state index in [1.807, 2.05) is 18.3 Å². The summed E-state index contributed by atoms with van der Waals surface area (Å²) in [5, 5.41) is 8.14. The van der Waals surface area contributed by atoms with Crippen LogP contribution in [0.1, 0.15) is 29.3 Å². The van der Waals surface area contributed by atoms with Gasteiger partial charge in [-0.2, -0.15) is 0 Å². The number of nitrogens with one attached hydrogen (secondary N) is 2. The summed E-state index contributed by atoms with van der Waals surface area (Å²) in [7, 11) is 0. The summed E-state index contributed by atoms with van der Waals surface area (Å²) in [6.07, 6.45) is 5.62. The summed E-state index contributed by atoms with van der Waals surface area (Å²) in [5.74, 6) is 0.808. The van der Waals surface area contributed by atoms with E-state index in [9.17, 15) is 0 Å². The molecule has 0 spiro atoms. The van der Waals surface area contributed by atoms with Gasteiger partial charge in [0, 0.05) is 30.4 Å². The number of aryl methyl sites for hydroxylation is 1. The van der Waals surface area contributed by atoms with Crippen LogP contribution in [-0.4, -0.2) is 29.0 Å². The lowest BCUT2D eigenvalue weighted by molar-refractivity contribution is 0.797. The van der Waals surface area contributed by atoms with Crippen LogP contribution in [0.4, 0.5) is 0 Å². The standard InChI is InChI=1S/C16H22ClN5S.HI/c1-3-13-10-21-15(23-13)11-22-16(18-4-2)19-8-7-12-5-6-14(17)20-9-12;/h5-6,9-10H,3-4,7-8,11H2,1-2H3,(H2,18,19,22);1H. The van der Waals surface area contributed by atoms with E-state index in [2.05, 4.69) is 39.4 Å². The Hall–Kier alpha value is -0.930. The van der Waals surface area contributed by atoms with E-state index < -0.39 is 0 Å². The molecule has 2 aromatic heterocycles. The maximum atomic E-state index is 5.79. The molecular weight excluding hydrogens is 457 g/mol. The quantitative estimate of drug-likeness (QED) is 0.275. The Morgan fingerprint density at radius 3 is 2.67 bits per heavy atom. The molecule has 2 aromatic rings. The minimum absolute atomic E-state index is 0. The highest BCUT2D eigenvalue weighted by molar-refractivity contribution is 14.0. The van der Waals surface area contributed by atoms with Gasteiger partial charge in [0.1, 0.15) is 10.2 Å². The van der Waals surface area contributed by atoms with Gasteiger partial charge in [-0.15, -0.1) is 35.3 Å². The molecule has 132 valence electrons. The minimum Gasteiger partial charge on any atom is -0.357 e. The predicted octanol–water partition coefficient (Wildman–Crippen LogP) is 3.67. The van der Waals surface area contributed by atoms with Crippen molar-refractivity contribution >= 4 is 52.9 Å². The molecule has 0 fully saturated rings. The summed E-state index contributed by atoms with van der Waals surface area (Å²) in [4.78, 5) is 14.4. The fourth-order valence-corrected chi connectivity index (χ4v) is 2.85. The first kappa shape index (κ1) is 21.1. The van der Waals surface area contributed by atoms with Crippen LogP contribution in [-0.2, 0) is 19.4 Å². The monoisotopic (exact) mass is 479 g/mol. The van der Waals surface area contributed by atoms with Crippen LogP contribution in [0.25, 0.3) is 0 Å². The van der Waals surface area contributed by atoms with E-state index in [1.54, 1.807) is 17.5 Å². The fourth-order valence-electron chi connectivity index (χ4n) is 1.95. The van der Waals surface area contributed by atoms with Gasteiger partial charge in [0.15, 0.2) is 5.96 Å². The smallest absolute Gasteiger partial charge is 0.191 e. The van der Waals surface area contributed by atoms with Crippen LogP contribution in [0.3, 0.4) is 0 Å². The van der Waals surface area contributed by atoms with Crippen molar-refractivity contribution in [2.75, 3.05) is 13.1 Å². The average molecular weight is 480 g/mol. The molecule has 0 aliphatic heterocycles. The van der Waals surface area contributed by atoms with Gasteiger partial charge < -0.3 is 10.6 Å². The van der Waals surface area contributed by atoms with E-state index in [1.165, 1.54) is 4.88 Å². The molecule has 24 heavy (non-hydrogen) atoms. The summed E-state index contributed by atoms with van der Waals surface area (Å²) in [6.45, 7) is 6.40. The highest BCUT2D eigenvalue weighted by Gasteiger charge is 2.02. The van der Waals surface area contributed by atoms with Crippen LogP contribution >= 0.6 is 46.9 Å². The maximum Gasteiger partial charge on any atom is 0.191 e. The van der Waals surface area contributed by atoms with Crippen molar-refractivity contribution in [3.8, 4) is 0 Å². The van der Waals surface area contributed by atoms with Gasteiger partial charge in [-0.3, -0.25) is 0 Å². The van der Waals surface area contributed by atoms with Gasteiger partial charge in [0.05, 0.1) is 6.54 Å². The zero-order chi connectivity index (χ0) is 16.5. The first-order chi connectivity index (χ1) is 11.2. The van der Waals surface area contributed by atoms with Gasteiger partial charge in [-0.1, -0.05) is 24.6 Å². The molecule has 0 amide bonds. The van der Waals surface area contributed by atoms with Crippen molar-refractivity contribution in [3.63, 3.8) is 0 Å². The zero-order valence-corrected chi connectivity index (χ0v) is 17.8. The highest BCUT2D eigenvalue weighted by atomic mass is 127. The van der Waals surface area contributed by atoms with Crippen molar-refractivity contribution < 1.29 is 0 Å². The number of aromatic nitrogens is 2. The van der Waals surface area contributed by atoms with E-state index in [-0.39, 0.29) is 24.0 Å². The summed E-state index contributed by atoms with van der Waals surface area (Å²) in [5.41, 5.74) is 1.14. The molecule has 2 rings (SSSR count). The van der Waals surface area contributed by atoms with Crippen LogP contribution in [0.5, 0.6) is 0 Å². The van der Waals surface area contributed by atoms with Gasteiger partial charge in [-0.25, -0.2) is 15.0 Å². The minimum atomic E-state index is 0. The van der Waals surface area contributed by atoms with E-state index in [0.29, 0.717) is 11.7 Å². The SMILES string of the molecule is CCNC(=NCc1ncc(CC)s1)NCCc1ccc(Cl)nc1.I. The topological polar surface area (TPSA) is 62.2 Å². The number of aliphatic imine (C=N–C) groups is 1. The number of hydrogen-bond donors (Lipinski definition) is 2. The molecule has 0 aromatic carbocycles. The summed E-state index contributed by atoms with van der Waals surface area (Å²) in [6, 6.07) is 3.80. The molecule has 0 saturated carbocycles. The number of thiazole rings is 1. The highest BCUT2D eigenvalue weighted by Crippen LogP contribution is 2.13. The molecule has 2 N–H and O–H groups in total. The zero-order valence-electron chi connectivity index (χ0n) is 13.9. The number of halogens is 2. The molecule has 0 aliphatic rings. The normalized spacial score (nSPS) is 11.0. The predicted molar refractivity (Wildman–Crippen MR) is 113 cm³/mol. The third-order valence-corrected chi connectivity index (χ3v) is 4.51. The number of pyridine rings is 1. The largest absolute Gasteiger partial charge is 0.357 e. The number of rotatable bonds is 7. The van der Waals surface area contributed by atoms with E-state index in [0.717, 1.165) is 42.5 Å². The molecule has 0 atom stereocenters. The summed E-state index contributed by atoms with van der Waals surface area (Å²) >= 11 is 7.51. The molecule has 0 unspecified atom stereocenters. The van der Waals surface area contributed by atoms with Crippen LogP contribution in [0.2, 0.25) is 5.15 Å². The fraction of sp³-hybridized carbons (Fsp3) is 0.438. The first-order valence-corrected chi connectivity index (χ1v) is 8.97. The Morgan fingerprint density at radius 1 is 1.21 bits per heavy atom. The van der Waals surface area contributed by atoms with E-state index in [4.69, 9.17) is 11.6 Å². The van der Waals surface area contributed by atoms with Crippen LogP contribution < -0.4 is 10.6 Å². The van der Waals surface area contributed by atoms with Gasteiger partial charge in [-0.05, 0) is 31.4 Å². The molecule has 5 nitrogen and oxygen atoms in total. The van der Waals surface area contributed by atoms with Crippen LogP contribution in [0.15, 0.2) is 29.5 Å². The Morgan fingerprint density at radius 2 is 2.04 bits per heavy atom. The molecule has 2 heterocycles. The first-order valence-electron chi connectivity index (χ1n) is 7.77. The third kappa shape index (κ3) is 7.31. The lowest BCUT2D eigenvalue weighted by atomic mass is 10.2. The molecule has 0 bridgehead atoms. The second-order valence-corrected chi connectivity index (χ2v) is 6.52. The van der Waals surface area contributed by atoms with Gasteiger partial charge in [0.2, 0.25) is 0 Å². The van der Waals surface area contributed by atoms with Crippen molar-refractivity contribution in [1.82, 2.24) is 20.6 Å².